The second-order valence-electron chi connectivity index (χ2n) is 7.82. The van der Waals surface area contributed by atoms with Gasteiger partial charge >= 0.3 is 6.03 Å². The highest BCUT2D eigenvalue weighted by molar-refractivity contribution is 7.13. The Bertz CT molecular complexity index is 1140. The van der Waals surface area contributed by atoms with E-state index in [1.807, 2.05) is 32.0 Å². The summed E-state index contributed by atoms with van der Waals surface area (Å²) in [5.74, 6) is -0.853. The van der Waals surface area contributed by atoms with Crippen LogP contribution in [-0.4, -0.2) is 40.1 Å². The van der Waals surface area contributed by atoms with E-state index in [-0.39, 0.29) is 22.6 Å². The van der Waals surface area contributed by atoms with Gasteiger partial charge in [0, 0.05) is 24.7 Å². The number of carbonyl (C=O) groups excluding carboxylic acids is 2. The van der Waals surface area contributed by atoms with E-state index in [9.17, 15) is 14.0 Å². The molecule has 0 radical (unpaired) electrons. The van der Waals surface area contributed by atoms with Crippen LogP contribution in [0.3, 0.4) is 0 Å². The van der Waals surface area contributed by atoms with Gasteiger partial charge in [-0.25, -0.2) is 9.18 Å². The first-order chi connectivity index (χ1) is 15.4. The van der Waals surface area contributed by atoms with Gasteiger partial charge in [0.15, 0.2) is 0 Å². The molecule has 1 fully saturated rings. The molecule has 3 aromatic rings. The molecular weight excluding hydrogens is 429 g/mol. The predicted molar refractivity (Wildman–Crippen MR) is 123 cm³/mol. The van der Waals surface area contributed by atoms with Gasteiger partial charge in [-0.05, 0) is 56.0 Å². The third-order valence-corrected chi connectivity index (χ3v) is 6.82. The molecule has 0 spiro atoms. The number of para-hydroxylation sites is 1. The van der Waals surface area contributed by atoms with Gasteiger partial charge in [-0.1, -0.05) is 35.6 Å². The lowest BCUT2D eigenvalue weighted by Gasteiger charge is -2.31. The summed E-state index contributed by atoms with van der Waals surface area (Å²) in [6, 6.07) is 11.7. The number of amides is 3. The van der Waals surface area contributed by atoms with Gasteiger partial charge in [-0.2, -0.15) is 0 Å². The fourth-order valence-electron chi connectivity index (χ4n) is 3.64. The lowest BCUT2D eigenvalue weighted by atomic mass is 9.98. The first-order valence-corrected chi connectivity index (χ1v) is 11.3. The maximum absolute atomic E-state index is 13.8. The number of aromatic nitrogens is 2. The van der Waals surface area contributed by atoms with E-state index in [0.29, 0.717) is 13.1 Å². The van der Waals surface area contributed by atoms with Crippen molar-refractivity contribution in [3.63, 3.8) is 0 Å². The molecule has 1 aromatic heterocycles. The Balaban J connectivity index is 1.33. The highest BCUT2D eigenvalue weighted by Crippen LogP contribution is 2.31. The summed E-state index contributed by atoms with van der Waals surface area (Å²) in [5.41, 5.74) is 3.13. The first-order valence-electron chi connectivity index (χ1n) is 10.4. The van der Waals surface area contributed by atoms with Crippen LogP contribution in [0.4, 0.5) is 20.6 Å². The van der Waals surface area contributed by atoms with Crippen molar-refractivity contribution in [2.45, 2.75) is 32.6 Å². The Kier molecular flexibility index (Phi) is 6.45. The highest BCUT2D eigenvalue weighted by atomic mass is 32.1. The van der Waals surface area contributed by atoms with Crippen molar-refractivity contribution in [2.24, 2.45) is 0 Å². The van der Waals surface area contributed by atoms with Crippen molar-refractivity contribution in [3.8, 4) is 0 Å². The SMILES string of the molecule is Cc1cccc(NC(=O)N2CCC(c3nnc(C(=O)Nc4ccccc4F)s3)CC2)c1C. The van der Waals surface area contributed by atoms with Gasteiger partial charge in [0.05, 0.1) is 5.69 Å². The molecule has 0 atom stereocenters. The molecule has 1 aliphatic rings. The maximum atomic E-state index is 13.8. The van der Waals surface area contributed by atoms with Gasteiger partial charge in [0.1, 0.15) is 10.8 Å². The van der Waals surface area contributed by atoms with E-state index in [0.717, 1.165) is 34.7 Å². The molecule has 3 amide bonds. The van der Waals surface area contributed by atoms with Crippen molar-refractivity contribution in [1.82, 2.24) is 15.1 Å². The molecule has 0 bridgehead atoms. The molecule has 2 heterocycles. The molecule has 4 rings (SSSR count). The number of halogens is 1. The number of rotatable bonds is 4. The largest absolute Gasteiger partial charge is 0.324 e. The Morgan fingerprint density at radius 1 is 1.00 bits per heavy atom. The van der Waals surface area contributed by atoms with Gasteiger partial charge in [-0.3, -0.25) is 4.79 Å². The summed E-state index contributed by atoms with van der Waals surface area (Å²) in [5, 5.41) is 14.6. The third kappa shape index (κ3) is 4.77. The number of anilines is 2. The number of benzene rings is 2. The number of piperidine rings is 1. The van der Waals surface area contributed by atoms with Crippen LogP contribution < -0.4 is 10.6 Å². The van der Waals surface area contributed by atoms with Crippen molar-refractivity contribution in [2.75, 3.05) is 23.7 Å². The number of aryl methyl sites for hydroxylation is 1. The monoisotopic (exact) mass is 453 g/mol. The van der Waals surface area contributed by atoms with E-state index in [2.05, 4.69) is 20.8 Å². The molecule has 0 aliphatic carbocycles. The zero-order chi connectivity index (χ0) is 22.7. The van der Waals surface area contributed by atoms with Crippen LogP contribution in [0.2, 0.25) is 0 Å². The van der Waals surface area contributed by atoms with E-state index in [1.165, 1.54) is 23.5 Å². The molecule has 0 saturated carbocycles. The van der Waals surface area contributed by atoms with Gasteiger partial charge in [0.2, 0.25) is 5.01 Å². The normalized spacial score (nSPS) is 14.3. The fourth-order valence-corrected chi connectivity index (χ4v) is 4.55. The van der Waals surface area contributed by atoms with Crippen LogP contribution in [-0.2, 0) is 0 Å². The summed E-state index contributed by atoms with van der Waals surface area (Å²) in [7, 11) is 0. The molecule has 1 aliphatic heterocycles. The molecule has 2 aromatic carbocycles. The Morgan fingerprint density at radius 3 is 2.47 bits per heavy atom. The van der Waals surface area contributed by atoms with Gasteiger partial charge in [-0.15, -0.1) is 10.2 Å². The smallest absolute Gasteiger partial charge is 0.321 e. The molecule has 1 saturated heterocycles. The number of urea groups is 1. The number of nitrogens with one attached hydrogen (secondary N) is 2. The average Bonchev–Trinajstić information content (AvgIpc) is 3.29. The zero-order valence-corrected chi connectivity index (χ0v) is 18.7. The highest BCUT2D eigenvalue weighted by Gasteiger charge is 2.27. The summed E-state index contributed by atoms with van der Waals surface area (Å²) in [6.07, 6.45) is 1.48. The Morgan fingerprint density at radius 2 is 1.72 bits per heavy atom. The lowest BCUT2D eigenvalue weighted by molar-refractivity contribution is 0.102. The quantitative estimate of drug-likeness (QED) is 0.585. The zero-order valence-electron chi connectivity index (χ0n) is 17.9. The predicted octanol–water partition coefficient (Wildman–Crippen LogP) is 4.96. The average molecular weight is 454 g/mol. The lowest BCUT2D eigenvalue weighted by Crippen LogP contribution is -2.40. The molecule has 9 heteroatoms. The van der Waals surface area contributed by atoms with E-state index in [1.54, 1.807) is 17.0 Å². The van der Waals surface area contributed by atoms with E-state index in [4.69, 9.17) is 0 Å². The van der Waals surface area contributed by atoms with Crippen LogP contribution in [0.25, 0.3) is 0 Å². The molecule has 2 N–H and O–H groups in total. The molecule has 32 heavy (non-hydrogen) atoms. The molecule has 0 unspecified atom stereocenters. The minimum atomic E-state index is -0.503. The van der Waals surface area contributed by atoms with Crippen molar-refractivity contribution < 1.29 is 14.0 Å². The summed E-state index contributed by atoms with van der Waals surface area (Å²) in [4.78, 5) is 26.9. The Hall–Kier alpha value is -3.33. The van der Waals surface area contributed by atoms with Crippen LogP contribution in [0.5, 0.6) is 0 Å². The molecule has 166 valence electrons. The standard InChI is InChI=1S/C23H24FN5O2S/c1-14-6-5-9-18(15(14)2)26-23(31)29-12-10-16(11-13-29)21-27-28-22(32-21)20(30)25-19-8-4-3-7-17(19)24/h3-9,16H,10-13H2,1-2H3,(H,25,30)(H,26,31). The number of nitrogens with zero attached hydrogens (tertiary/aromatic N) is 3. The summed E-state index contributed by atoms with van der Waals surface area (Å²) < 4.78 is 13.8. The van der Waals surface area contributed by atoms with Crippen LogP contribution in [0, 0.1) is 19.7 Å². The van der Waals surface area contributed by atoms with Crippen molar-refractivity contribution >= 4 is 34.6 Å². The van der Waals surface area contributed by atoms with E-state index < -0.39 is 11.7 Å². The van der Waals surface area contributed by atoms with Gasteiger partial charge in [0.25, 0.3) is 5.91 Å². The van der Waals surface area contributed by atoms with Crippen LogP contribution >= 0.6 is 11.3 Å². The van der Waals surface area contributed by atoms with E-state index >= 15 is 0 Å². The van der Waals surface area contributed by atoms with Gasteiger partial charge < -0.3 is 15.5 Å². The van der Waals surface area contributed by atoms with Crippen molar-refractivity contribution in [1.29, 1.82) is 0 Å². The van der Waals surface area contributed by atoms with Crippen LogP contribution in [0.1, 0.15) is 44.7 Å². The number of carbonyl (C=O) groups is 2. The second-order valence-corrected chi connectivity index (χ2v) is 8.83. The fraction of sp³-hybridized carbons (Fsp3) is 0.304. The second kappa shape index (κ2) is 9.44. The number of hydrogen-bond donors (Lipinski definition) is 2. The Labute approximate surface area is 189 Å². The van der Waals surface area contributed by atoms with Crippen molar-refractivity contribution in [3.05, 3.63) is 69.4 Å². The molecular formula is C23H24FN5O2S. The molecule has 7 nitrogen and oxygen atoms in total. The number of likely N-dealkylation sites (tertiary alicyclic amines) is 1. The topological polar surface area (TPSA) is 87.2 Å². The minimum Gasteiger partial charge on any atom is -0.324 e. The third-order valence-electron chi connectivity index (χ3n) is 5.73. The first kappa shape index (κ1) is 21.9. The number of hydrogen-bond acceptors (Lipinski definition) is 5. The summed E-state index contributed by atoms with van der Waals surface area (Å²) in [6.45, 7) is 5.20. The minimum absolute atomic E-state index is 0.109. The van der Waals surface area contributed by atoms with Crippen LogP contribution in [0.15, 0.2) is 42.5 Å². The maximum Gasteiger partial charge on any atom is 0.321 e. The summed E-state index contributed by atoms with van der Waals surface area (Å²) >= 11 is 1.21.